The summed E-state index contributed by atoms with van der Waals surface area (Å²) >= 11 is 0. The maximum atomic E-state index is 12.7. The topological polar surface area (TPSA) is 66.4 Å². The highest BCUT2D eigenvalue weighted by molar-refractivity contribution is 5.88. The van der Waals surface area contributed by atoms with Crippen LogP contribution in [-0.4, -0.2) is 23.5 Å². The van der Waals surface area contributed by atoms with Crippen LogP contribution in [0.25, 0.3) is 0 Å². The molecule has 22 heavy (non-hydrogen) atoms. The summed E-state index contributed by atoms with van der Waals surface area (Å²) in [7, 11) is 0. The lowest BCUT2D eigenvalue weighted by Gasteiger charge is -2.31. The van der Waals surface area contributed by atoms with Crippen molar-refractivity contribution in [1.82, 2.24) is 5.32 Å². The molecule has 0 aliphatic carbocycles. The van der Waals surface area contributed by atoms with E-state index in [2.05, 4.69) is 5.32 Å². The molecule has 0 aliphatic heterocycles. The Bertz CT molecular complexity index is 466. The highest BCUT2D eigenvalue weighted by Gasteiger charge is 2.36. The van der Waals surface area contributed by atoms with Crippen LogP contribution in [0.5, 0.6) is 0 Å². The summed E-state index contributed by atoms with van der Waals surface area (Å²) in [6.45, 7) is 4.69. The van der Waals surface area contributed by atoms with Crippen molar-refractivity contribution in [3.63, 3.8) is 0 Å². The van der Waals surface area contributed by atoms with Crippen molar-refractivity contribution >= 4 is 11.9 Å². The fourth-order valence-corrected chi connectivity index (χ4v) is 2.82. The van der Waals surface area contributed by atoms with Gasteiger partial charge in [-0.3, -0.25) is 9.59 Å². The van der Waals surface area contributed by atoms with E-state index in [0.29, 0.717) is 13.0 Å². The van der Waals surface area contributed by atoms with Crippen LogP contribution in [0.1, 0.15) is 57.9 Å². The molecule has 0 bridgehead atoms. The molecule has 1 aromatic carbocycles. The third-order valence-corrected chi connectivity index (χ3v) is 4.32. The van der Waals surface area contributed by atoms with E-state index in [9.17, 15) is 9.59 Å². The van der Waals surface area contributed by atoms with Gasteiger partial charge in [-0.1, -0.05) is 50.6 Å². The second kappa shape index (κ2) is 9.23. The van der Waals surface area contributed by atoms with E-state index in [1.807, 2.05) is 44.2 Å². The Morgan fingerprint density at radius 1 is 1.05 bits per heavy atom. The molecular weight excluding hydrogens is 278 g/mol. The first-order chi connectivity index (χ1) is 10.6. The van der Waals surface area contributed by atoms with Gasteiger partial charge in [0.25, 0.3) is 0 Å². The Morgan fingerprint density at radius 3 is 2.23 bits per heavy atom. The van der Waals surface area contributed by atoms with Gasteiger partial charge in [0, 0.05) is 13.0 Å². The van der Waals surface area contributed by atoms with Gasteiger partial charge in [-0.15, -0.1) is 0 Å². The molecule has 4 heteroatoms. The number of carboxylic acids is 1. The molecule has 1 rings (SSSR count). The molecule has 0 aliphatic rings. The molecule has 1 amide bonds. The molecule has 1 aromatic rings. The van der Waals surface area contributed by atoms with E-state index in [0.717, 1.165) is 31.2 Å². The molecule has 0 saturated carbocycles. The average molecular weight is 305 g/mol. The van der Waals surface area contributed by atoms with Crippen molar-refractivity contribution in [1.29, 1.82) is 0 Å². The molecule has 0 fully saturated rings. The summed E-state index contributed by atoms with van der Waals surface area (Å²) in [5, 5.41) is 11.6. The van der Waals surface area contributed by atoms with Crippen LogP contribution in [0.2, 0.25) is 0 Å². The van der Waals surface area contributed by atoms with Gasteiger partial charge in [0.1, 0.15) is 0 Å². The van der Waals surface area contributed by atoms with Gasteiger partial charge >= 0.3 is 5.97 Å². The molecule has 0 unspecified atom stereocenters. The number of rotatable bonds is 10. The van der Waals surface area contributed by atoms with Crippen molar-refractivity contribution in [2.24, 2.45) is 0 Å². The van der Waals surface area contributed by atoms with Gasteiger partial charge in [-0.05, 0) is 31.2 Å². The summed E-state index contributed by atoms with van der Waals surface area (Å²) < 4.78 is 0. The van der Waals surface area contributed by atoms with Crippen LogP contribution in [0, 0.1) is 0 Å². The smallest absolute Gasteiger partial charge is 0.303 e. The van der Waals surface area contributed by atoms with Gasteiger partial charge in [0.15, 0.2) is 0 Å². The molecule has 0 radical (unpaired) electrons. The predicted molar refractivity (Wildman–Crippen MR) is 87.8 cm³/mol. The van der Waals surface area contributed by atoms with Crippen LogP contribution >= 0.6 is 0 Å². The van der Waals surface area contributed by atoms with E-state index in [1.165, 1.54) is 0 Å². The molecule has 0 atom stereocenters. The van der Waals surface area contributed by atoms with Crippen LogP contribution in [0.15, 0.2) is 30.3 Å². The summed E-state index contributed by atoms with van der Waals surface area (Å²) in [6, 6.07) is 9.92. The minimum absolute atomic E-state index is 0.0712. The second-order valence-corrected chi connectivity index (χ2v) is 5.62. The first-order valence-electron chi connectivity index (χ1n) is 8.12. The first kappa shape index (κ1) is 18.2. The minimum Gasteiger partial charge on any atom is -0.481 e. The Morgan fingerprint density at radius 2 is 1.68 bits per heavy atom. The molecule has 4 nitrogen and oxygen atoms in total. The number of hydrogen-bond donors (Lipinski definition) is 2. The number of carboxylic acid groups (broad SMARTS) is 1. The Kier molecular flexibility index (Phi) is 7.64. The quantitative estimate of drug-likeness (QED) is 0.650. The van der Waals surface area contributed by atoms with E-state index < -0.39 is 11.4 Å². The molecule has 0 aromatic heterocycles. The van der Waals surface area contributed by atoms with Gasteiger partial charge in [-0.25, -0.2) is 0 Å². The maximum absolute atomic E-state index is 12.7. The minimum atomic E-state index is -0.760. The van der Waals surface area contributed by atoms with Crippen molar-refractivity contribution in [2.75, 3.05) is 6.54 Å². The second-order valence-electron chi connectivity index (χ2n) is 5.62. The highest BCUT2D eigenvalue weighted by atomic mass is 16.4. The Hall–Kier alpha value is -1.84. The summed E-state index contributed by atoms with van der Waals surface area (Å²) in [6.07, 6.45) is 4.03. The van der Waals surface area contributed by atoms with E-state index in [-0.39, 0.29) is 12.3 Å². The lowest BCUT2D eigenvalue weighted by molar-refractivity contribution is -0.137. The van der Waals surface area contributed by atoms with Gasteiger partial charge in [0.2, 0.25) is 5.91 Å². The van der Waals surface area contributed by atoms with Crippen LogP contribution in [-0.2, 0) is 15.0 Å². The Balaban J connectivity index is 2.54. The average Bonchev–Trinajstić information content (AvgIpc) is 2.53. The zero-order valence-corrected chi connectivity index (χ0v) is 13.6. The molecule has 2 N–H and O–H groups in total. The van der Waals surface area contributed by atoms with Crippen LogP contribution in [0.4, 0.5) is 0 Å². The SMILES string of the molecule is CCC(CC)(C(=O)NCCCCCC(=O)O)c1ccccc1. The largest absolute Gasteiger partial charge is 0.481 e. The van der Waals surface area contributed by atoms with E-state index in [4.69, 9.17) is 5.11 Å². The van der Waals surface area contributed by atoms with Crippen molar-refractivity contribution in [3.8, 4) is 0 Å². The fourth-order valence-electron chi connectivity index (χ4n) is 2.82. The fraction of sp³-hybridized carbons (Fsp3) is 0.556. The van der Waals surface area contributed by atoms with Gasteiger partial charge < -0.3 is 10.4 Å². The number of nitrogens with one attached hydrogen (secondary N) is 1. The van der Waals surface area contributed by atoms with Gasteiger partial charge in [-0.2, -0.15) is 0 Å². The number of aliphatic carboxylic acids is 1. The number of amides is 1. The normalized spacial score (nSPS) is 11.2. The summed E-state index contributed by atoms with van der Waals surface area (Å²) in [4.78, 5) is 23.1. The third kappa shape index (κ3) is 4.86. The maximum Gasteiger partial charge on any atom is 0.303 e. The molecule has 0 heterocycles. The zero-order chi connectivity index (χ0) is 16.4. The van der Waals surface area contributed by atoms with Crippen molar-refractivity contribution in [3.05, 3.63) is 35.9 Å². The number of unbranched alkanes of at least 4 members (excludes halogenated alkanes) is 2. The third-order valence-electron chi connectivity index (χ3n) is 4.32. The van der Waals surface area contributed by atoms with Crippen molar-refractivity contribution in [2.45, 2.75) is 57.8 Å². The van der Waals surface area contributed by atoms with Crippen LogP contribution < -0.4 is 5.32 Å². The molecular formula is C18H27NO3. The monoisotopic (exact) mass is 305 g/mol. The zero-order valence-electron chi connectivity index (χ0n) is 13.6. The van der Waals surface area contributed by atoms with Gasteiger partial charge in [0.05, 0.1) is 5.41 Å². The highest BCUT2D eigenvalue weighted by Crippen LogP contribution is 2.31. The van der Waals surface area contributed by atoms with Crippen LogP contribution in [0.3, 0.4) is 0 Å². The first-order valence-corrected chi connectivity index (χ1v) is 8.12. The standard InChI is InChI=1S/C18H27NO3/c1-3-18(4-2,15-11-7-5-8-12-15)17(22)19-14-10-6-9-13-16(20)21/h5,7-8,11-12H,3-4,6,9-10,13-14H2,1-2H3,(H,19,22)(H,20,21). The lowest BCUT2D eigenvalue weighted by atomic mass is 9.75. The number of hydrogen-bond acceptors (Lipinski definition) is 2. The lowest BCUT2D eigenvalue weighted by Crippen LogP contribution is -2.44. The summed E-state index contributed by atoms with van der Waals surface area (Å²) in [5.41, 5.74) is 0.589. The molecule has 122 valence electrons. The molecule has 0 saturated heterocycles. The summed E-state index contributed by atoms with van der Waals surface area (Å²) in [5.74, 6) is -0.689. The van der Waals surface area contributed by atoms with Crippen molar-refractivity contribution < 1.29 is 14.7 Å². The Labute approximate surface area is 132 Å². The number of carbonyl (C=O) groups is 2. The van der Waals surface area contributed by atoms with E-state index in [1.54, 1.807) is 0 Å². The molecule has 0 spiro atoms. The van der Waals surface area contributed by atoms with E-state index >= 15 is 0 Å². The number of carbonyl (C=O) groups excluding carboxylic acids is 1. The predicted octanol–water partition coefficient (Wildman–Crippen LogP) is 3.51. The number of benzene rings is 1.